The molecule has 0 saturated carbocycles. The Morgan fingerprint density at radius 3 is 1.94 bits per heavy atom. The summed E-state index contributed by atoms with van der Waals surface area (Å²) in [5.74, 6) is -0.360. The second-order valence-corrected chi connectivity index (χ2v) is 9.25. The summed E-state index contributed by atoms with van der Waals surface area (Å²) in [6, 6.07) is 23.3. The van der Waals surface area contributed by atoms with Crippen molar-refractivity contribution in [1.82, 2.24) is 10.2 Å². The van der Waals surface area contributed by atoms with Gasteiger partial charge in [0.05, 0.1) is 6.67 Å². The summed E-state index contributed by atoms with van der Waals surface area (Å²) in [5.41, 5.74) is 2.62. The van der Waals surface area contributed by atoms with Crippen LogP contribution in [-0.4, -0.2) is 42.6 Å². The molecule has 1 spiro atoms. The number of nitrogens with one attached hydrogen (secondary N) is 1. The summed E-state index contributed by atoms with van der Waals surface area (Å²) in [5, 5.41) is 3.05. The summed E-state index contributed by atoms with van der Waals surface area (Å²) in [6.07, 6.45) is 2.37. The van der Waals surface area contributed by atoms with E-state index in [-0.39, 0.29) is 23.5 Å². The Morgan fingerprint density at radius 2 is 1.38 bits per heavy atom. The Labute approximate surface area is 199 Å². The number of amides is 1. The predicted molar refractivity (Wildman–Crippen MR) is 130 cm³/mol. The van der Waals surface area contributed by atoms with Crippen molar-refractivity contribution in [3.63, 3.8) is 0 Å². The highest BCUT2D eigenvalue weighted by atomic mass is 19.1. The first-order chi connectivity index (χ1) is 16.5. The maximum Gasteiger partial charge on any atom is 0.247 e. The van der Waals surface area contributed by atoms with E-state index >= 15 is 0 Å². The third-order valence-electron chi connectivity index (χ3n) is 7.37. The Balaban J connectivity index is 1.28. The van der Waals surface area contributed by atoms with E-state index in [2.05, 4.69) is 27.2 Å². The summed E-state index contributed by atoms with van der Waals surface area (Å²) < 4.78 is 27.0. The molecule has 2 heterocycles. The van der Waals surface area contributed by atoms with Gasteiger partial charge in [-0.3, -0.25) is 4.79 Å². The first kappa shape index (κ1) is 22.5. The average molecular weight is 462 g/mol. The molecule has 4 nitrogen and oxygen atoms in total. The van der Waals surface area contributed by atoms with Gasteiger partial charge >= 0.3 is 0 Å². The molecule has 176 valence electrons. The minimum absolute atomic E-state index is 0.0488. The molecule has 2 aliphatic heterocycles. The Bertz CT molecular complexity index is 1070. The highest BCUT2D eigenvalue weighted by Crippen LogP contribution is 2.37. The molecule has 1 N–H and O–H groups in total. The molecular weight excluding hydrogens is 432 g/mol. The SMILES string of the molecule is O=C1NCN(c2ccccc2)C12CCN(CCC(c1ccc(F)cc1)c1ccc(F)cc1)CC2. The number of anilines is 1. The van der Waals surface area contributed by atoms with Crippen LogP contribution in [0.5, 0.6) is 0 Å². The van der Waals surface area contributed by atoms with Gasteiger partial charge in [-0.1, -0.05) is 42.5 Å². The number of hydrogen-bond donors (Lipinski definition) is 1. The van der Waals surface area contributed by atoms with E-state index in [0.717, 1.165) is 55.7 Å². The number of rotatable bonds is 6. The molecule has 0 aliphatic carbocycles. The van der Waals surface area contributed by atoms with E-state index in [1.165, 1.54) is 24.3 Å². The van der Waals surface area contributed by atoms with E-state index < -0.39 is 5.54 Å². The molecule has 3 aromatic rings. The lowest BCUT2D eigenvalue weighted by Gasteiger charge is -2.43. The van der Waals surface area contributed by atoms with E-state index in [4.69, 9.17) is 0 Å². The van der Waals surface area contributed by atoms with Crippen LogP contribution in [0.2, 0.25) is 0 Å². The smallest absolute Gasteiger partial charge is 0.247 e. The van der Waals surface area contributed by atoms with Crippen molar-refractivity contribution in [2.45, 2.75) is 30.7 Å². The standard InChI is InChI=1S/C28H29F2N3O/c29-23-10-6-21(7-11-23)26(22-8-12-24(30)13-9-22)14-17-32-18-15-28(16-19-32)27(34)31-20-33(28)25-4-2-1-3-5-25/h1-13,26H,14-20H2,(H,31,34). The molecule has 0 bridgehead atoms. The Morgan fingerprint density at radius 1 is 0.824 bits per heavy atom. The van der Waals surface area contributed by atoms with Gasteiger partial charge in [0.2, 0.25) is 5.91 Å². The van der Waals surface area contributed by atoms with Crippen LogP contribution >= 0.6 is 0 Å². The maximum absolute atomic E-state index is 13.5. The van der Waals surface area contributed by atoms with Gasteiger partial charge in [-0.25, -0.2) is 8.78 Å². The highest BCUT2D eigenvalue weighted by Gasteiger charge is 2.50. The predicted octanol–water partition coefficient (Wildman–Crippen LogP) is 4.92. The minimum Gasteiger partial charge on any atom is -0.339 e. The molecule has 34 heavy (non-hydrogen) atoms. The van der Waals surface area contributed by atoms with E-state index in [0.29, 0.717) is 6.67 Å². The zero-order valence-corrected chi connectivity index (χ0v) is 19.1. The fourth-order valence-electron chi connectivity index (χ4n) is 5.41. The maximum atomic E-state index is 13.5. The number of nitrogens with zero attached hydrogens (tertiary/aromatic N) is 2. The number of likely N-dealkylation sites (tertiary alicyclic amines) is 1. The van der Waals surface area contributed by atoms with Crippen LogP contribution in [0, 0.1) is 11.6 Å². The monoisotopic (exact) mass is 461 g/mol. The number of benzene rings is 3. The summed E-state index contributed by atoms with van der Waals surface area (Å²) in [7, 11) is 0. The van der Waals surface area contributed by atoms with Gasteiger partial charge in [-0.2, -0.15) is 0 Å². The van der Waals surface area contributed by atoms with Gasteiger partial charge in [-0.05, 0) is 73.3 Å². The van der Waals surface area contributed by atoms with E-state index in [1.54, 1.807) is 0 Å². The molecule has 0 radical (unpaired) electrons. The average Bonchev–Trinajstić information content (AvgIpc) is 3.18. The van der Waals surface area contributed by atoms with E-state index in [9.17, 15) is 13.6 Å². The lowest BCUT2D eigenvalue weighted by molar-refractivity contribution is -0.125. The van der Waals surface area contributed by atoms with Crippen molar-refractivity contribution in [3.05, 3.63) is 102 Å². The molecule has 0 aromatic heterocycles. The van der Waals surface area contributed by atoms with Crippen LogP contribution < -0.4 is 10.2 Å². The largest absolute Gasteiger partial charge is 0.339 e. The van der Waals surface area contributed by atoms with Gasteiger partial charge < -0.3 is 15.1 Å². The zero-order chi connectivity index (χ0) is 23.5. The van der Waals surface area contributed by atoms with Gasteiger partial charge in [0.25, 0.3) is 0 Å². The van der Waals surface area contributed by atoms with Crippen LogP contribution in [0.4, 0.5) is 14.5 Å². The van der Waals surface area contributed by atoms with Crippen LogP contribution in [0.1, 0.15) is 36.3 Å². The molecule has 2 saturated heterocycles. The lowest BCUT2D eigenvalue weighted by Crippen LogP contribution is -2.56. The highest BCUT2D eigenvalue weighted by molar-refractivity contribution is 5.93. The first-order valence-corrected chi connectivity index (χ1v) is 11.9. The summed E-state index contributed by atoms with van der Waals surface area (Å²) in [4.78, 5) is 17.5. The van der Waals surface area contributed by atoms with Crippen LogP contribution in [0.3, 0.4) is 0 Å². The molecule has 2 aliphatic rings. The molecule has 1 amide bonds. The molecule has 2 fully saturated rings. The van der Waals surface area contributed by atoms with Crippen molar-refractivity contribution in [2.24, 2.45) is 0 Å². The number of piperidine rings is 1. The zero-order valence-electron chi connectivity index (χ0n) is 19.1. The molecule has 6 heteroatoms. The molecular formula is C28H29F2N3O. The second kappa shape index (κ2) is 9.55. The number of hydrogen-bond acceptors (Lipinski definition) is 3. The fourth-order valence-corrected chi connectivity index (χ4v) is 5.41. The Kier molecular flexibility index (Phi) is 6.33. The third kappa shape index (κ3) is 4.42. The Hall–Kier alpha value is -3.25. The quantitative estimate of drug-likeness (QED) is 0.566. The molecule has 5 rings (SSSR count). The van der Waals surface area contributed by atoms with Gasteiger partial charge in [0, 0.05) is 24.7 Å². The number of halogens is 2. The third-order valence-corrected chi connectivity index (χ3v) is 7.37. The summed E-state index contributed by atoms with van der Waals surface area (Å²) >= 11 is 0. The van der Waals surface area contributed by atoms with Gasteiger partial charge in [0.1, 0.15) is 17.2 Å². The summed E-state index contributed by atoms with van der Waals surface area (Å²) in [6.45, 7) is 3.05. The van der Waals surface area contributed by atoms with Crippen LogP contribution in [0.15, 0.2) is 78.9 Å². The number of carbonyl (C=O) groups excluding carboxylic acids is 1. The topological polar surface area (TPSA) is 35.6 Å². The van der Waals surface area contributed by atoms with Crippen LogP contribution in [-0.2, 0) is 4.79 Å². The van der Waals surface area contributed by atoms with Crippen LogP contribution in [0.25, 0.3) is 0 Å². The minimum atomic E-state index is -0.495. The number of para-hydroxylation sites is 1. The van der Waals surface area contributed by atoms with E-state index in [1.807, 2.05) is 42.5 Å². The lowest BCUT2D eigenvalue weighted by atomic mass is 9.84. The molecule has 0 unspecified atom stereocenters. The van der Waals surface area contributed by atoms with Crippen molar-refractivity contribution in [3.8, 4) is 0 Å². The van der Waals surface area contributed by atoms with Gasteiger partial charge in [0.15, 0.2) is 0 Å². The van der Waals surface area contributed by atoms with Crippen molar-refractivity contribution in [1.29, 1.82) is 0 Å². The molecule has 3 aromatic carbocycles. The van der Waals surface area contributed by atoms with Crippen molar-refractivity contribution >= 4 is 11.6 Å². The van der Waals surface area contributed by atoms with Crippen molar-refractivity contribution < 1.29 is 13.6 Å². The first-order valence-electron chi connectivity index (χ1n) is 11.9. The number of carbonyl (C=O) groups is 1. The molecule has 0 atom stereocenters. The van der Waals surface area contributed by atoms with Crippen molar-refractivity contribution in [2.75, 3.05) is 31.2 Å². The normalized spacial score (nSPS) is 18.0. The van der Waals surface area contributed by atoms with Gasteiger partial charge in [-0.15, -0.1) is 0 Å². The fraction of sp³-hybridized carbons (Fsp3) is 0.321. The second-order valence-electron chi connectivity index (χ2n) is 9.25.